The summed E-state index contributed by atoms with van der Waals surface area (Å²) in [4.78, 5) is 0. The van der Waals surface area contributed by atoms with Crippen LogP contribution in [0.3, 0.4) is 0 Å². The van der Waals surface area contributed by atoms with Crippen LogP contribution in [-0.2, 0) is 0 Å². The highest BCUT2D eigenvalue weighted by Crippen LogP contribution is 2.08. The van der Waals surface area contributed by atoms with E-state index in [9.17, 15) is 0 Å². The van der Waals surface area contributed by atoms with E-state index < -0.39 is 0 Å². The molecule has 0 rings (SSSR count). The van der Waals surface area contributed by atoms with Gasteiger partial charge in [0.25, 0.3) is 0 Å². The Bertz CT molecular complexity index is 132. The van der Waals surface area contributed by atoms with Gasteiger partial charge in [0.15, 0.2) is 0 Å². The van der Waals surface area contributed by atoms with Crippen LogP contribution in [-0.4, -0.2) is 33.0 Å². The third-order valence-electron chi connectivity index (χ3n) is 1.30. The van der Waals surface area contributed by atoms with Gasteiger partial charge < -0.3 is 4.39 Å². The Balaban J connectivity index is 3.60. The Labute approximate surface area is 64.3 Å². The van der Waals surface area contributed by atoms with Crippen molar-refractivity contribution in [3.8, 4) is 6.07 Å². The molecule has 0 bridgehead atoms. The molecule has 0 radical (unpaired) electrons. The quantitative estimate of drug-likeness (QED) is 0.529. The molecule has 0 aromatic rings. The number of hydrogen-bond donors (Lipinski definition) is 0. The second kappa shape index (κ2) is 3.63. The molecule has 10 heavy (non-hydrogen) atoms. The molecule has 0 N–H and O–H groups in total. The predicted molar refractivity (Wildman–Crippen MR) is 44.8 cm³/mol. The van der Waals surface area contributed by atoms with Crippen LogP contribution in [0.1, 0.15) is 13.3 Å². The van der Waals surface area contributed by atoms with E-state index in [2.05, 4.69) is 34.1 Å². The number of quaternary nitrogens is 1. The molecule has 0 spiro atoms. The zero-order valence-corrected chi connectivity index (χ0v) is 7.39. The summed E-state index contributed by atoms with van der Waals surface area (Å²) in [6.07, 6.45) is 0.676. The molecule has 3 heteroatoms. The van der Waals surface area contributed by atoms with Crippen LogP contribution in [0.2, 0.25) is 5.82 Å². The van der Waals surface area contributed by atoms with Crippen LogP contribution in [0.5, 0.6) is 0 Å². The summed E-state index contributed by atoms with van der Waals surface area (Å²) >= 11 is 0. The van der Waals surface area contributed by atoms with Gasteiger partial charge in [0, 0.05) is 33.4 Å². The fourth-order valence-corrected chi connectivity index (χ4v) is 1.16. The van der Waals surface area contributed by atoms with E-state index in [1.54, 1.807) is 0 Å². The standard InChI is InChI=1S/C7H16BN2/c1-7(5-6-9)8-10(2,3)4/h7-8H,5H2,1-4H3/q+1. The smallest absolute Gasteiger partial charge is 0.393 e. The van der Waals surface area contributed by atoms with Crippen LogP contribution in [0.25, 0.3) is 0 Å². The molecular weight excluding hydrogens is 123 g/mol. The highest BCUT2D eigenvalue weighted by atomic mass is 15.2. The molecule has 56 valence electrons. The van der Waals surface area contributed by atoms with Gasteiger partial charge in [0.2, 0.25) is 0 Å². The second-order valence-corrected chi connectivity index (χ2v) is 3.94. The molecule has 0 aliphatic rings. The van der Waals surface area contributed by atoms with Gasteiger partial charge in [-0.3, -0.25) is 0 Å². The maximum absolute atomic E-state index is 8.38. The number of hydrogen-bond acceptors (Lipinski definition) is 1. The number of rotatable bonds is 3. The molecule has 0 heterocycles. The highest BCUT2D eigenvalue weighted by Gasteiger charge is 2.17. The lowest BCUT2D eigenvalue weighted by Crippen LogP contribution is -2.40. The Kier molecular flexibility index (Phi) is 3.45. The molecule has 1 unspecified atom stereocenters. The van der Waals surface area contributed by atoms with Crippen LogP contribution >= 0.6 is 0 Å². The van der Waals surface area contributed by atoms with Crippen molar-refractivity contribution in [1.82, 2.24) is 0 Å². The van der Waals surface area contributed by atoms with E-state index in [-0.39, 0.29) is 0 Å². The fourth-order valence-electron chi connectivity index (χ4n) is 1.16. The third-order valence-corrected chi connectivity index (χ3v) is 1.30. The van der Waals surface area contributed by atoms with Crippen molar-refractivity contribution in [2.24, 2.45) is 0 Å². The number of nitriles is 1. The summed E-state index contributed by atoms with van der Waals surface area (Å²) in [5.74, 6) is 0.519. The average molecular weight is 139 g/mol. The number of nitrogens with zero attached hydrogens (tertiary/aromatic N) is 2. The van der Waals surface area contributed by atoms with Crippen molar-refractivity contribution >= 4 is 7.41 Å². The molecule has 0 amide bonds. The van der Waals surface area contributed by atoms with E-state index in [0.29, 0.717) is 12.2 Å². The molecule has 0 aliphatic carbocycles. The first-order valence-electron chi connectivity index (χ1n) is 3.63. The molecule has 0 aromatic heterocycles. The van der Waals surface area contributed by atoms with Crippen molar-refractivity contribution in [2.45, 2.75) is 19.2 Å². The van der Waals surface area contributed by atoms with Crippen LogP contribution < -0.4 is 0 Å². The average Bonchev–Trinajstić information content (AvgIpc) is 1.59. The van der Waals surface area contributed by atoms with E-state index in [1.807, 2.05) is 0 Å². The maximum Gasteiger partial charge on any atom is 0.393 e. The van der Waals surface area contributed by atoms with Gasteiger partial charge in [-0.2, -0.15) is 5.26 Å². The third kappa shape index (κ3) is 5.65. The lowest BCUT2D eigenvalue weighted by atomic mass is 9.72. The van der Waals surface area contributed by atoms with E-state index in [1.165, 1.54) is 0 Å². The van der Waals surface area contributed by atoms with Crippen LogP contribution in [0.15, 0.2) is 0 Å². The monoisotopic (exact) mass is 139 g/mol. The normalized spacial score (nSPS) is 13.9. The summed E-state index contributed by atoms with van der Waals surface area (Å²) in [5.41, 5.74) is 0. The molecular formula is C7H16BN2+. The Morgan fingerprint density at radius 3 is 2.30 bits per heavy atom. The fraction of sp³-hybridized carbons (Fsp3) is 0.857. The summed E-state index contributed by atoms with van der Waals surface area (Å²) in [6, 6.07) is 2.18. The van der Waals surface area contributed by atoms with Crippen molar-refractivity contribution in [3.05, 3.63) is 0 Å². The summed E-state index contributed by atoms with van der Waals surface area (Å²) < 4.78 is 0.947. The zero-order chi connectivity index (χ0) is 8.20. The van der Waals surface area contributed by atoms with E-state index in [0.717, 1.165) is 11.8 Å². The summed E-state index contributed by atoms with van der Waals surface area (Å²) in [7, 11) is 7.52. The van der Waals surface area contributed by atoms with E-state index >= 15 is 0 Å². The van der Waals surface area contributed by atoms with Crippen molar-refractivity contribution in [2.75, 3.05) is 21.1 Å². The van der Waals surface area contributed by atoms with Crippen molar-refractivity contribution in [1.29, 1.82) is 5.26 Å². The highest BCUT2D eigenvalue weighted by molar-refractivity contribution is 6.28. The molecule has 2 nitrogen and oxygen atoms in total. The molecule has 0 aliphatic heterocycles. The van der Waals surface area contributed by atoms with Gasteiger partial charge in [-0.05, 0) is 0 Å². The topological polar surface area (TPSA) is 23.8 Å². The van der Waals surface area contributed by atoms with Gasteiger partial charge in [0.05, 0.1) is 6.07 Å². The Morgan fingerprint density at radius 2 is 2.00 bits per heavy atom. The Morgan fingerprint density at radius 1 is 1.50 bits per heavy atom. The lowest BCUT2D eigenvalue weighted by molar-refractivity contribution is -0.756. The van der Waals surface area contributed by atoms with Crippen molar-refractivity contribution < 1.29 is 4.39 Å². The Hall–Kier alpha value is -0.485. The van der Waals surface area contributed by atoms with Gasteiger partial charge >= 0.3 is 7.41 Å². The van der Waals surface area contributed by atoms with Crippen molar-refractivity contribution in [3.63, 3.8) is 0 Å². The van der Waals surface area contributed by atoms with E-state index in [4.69, 9.17) is 5.26 Å². The van der Waals surface area contributed by atoms with Gasteiger partial charge in [-0.15, -0.1) is 0 Å². The van der Waals surface area contributed by atoms with Gasteiger partial charge in [0.1, 0.15) is 0 Å². The molecule has 0 aromatic carbocycles. The minimum absolute atomic E-state index is 0.519. The molecule has 0 saturated heterocycles. The minimum atomic E-state index is 0.519. The SMILES string of the molecule is CC(B[N+](C)(C)C)CC#N. The molecule has 0 fully saturated rings. The largest absolute Gasteiger partial charge is 0.404 e. The molecule has 1 atom stereocenters. The van der Waals surface area contributed by atoms with Gasteiger partial charge in [-0.25, -0.2) is 0 Å². The summed E-state index contributed by atoms with van der Waals surface area (Å²) in [6.45, 7) is 2.12. The van der Waals surface area contributed by atoms with Crippen LogP contribution in [0.4, 0.5) is 0 Å². The first-order chi connectivity index (χ1) is 4.45. The first-order valence-corrected chi connectivity index (χ1v) is 3.63. The summed E-state index contributed by atoms with van der Waals surface area (Å²) in [5, 5.41) is 8.38. The predicted octanol–water partition coefficient (Wildman–Crippen LogP) is 0.766. The minimum Gasteiger partial charge on any atom is -0.404 e. The first kappa shape index (κ1) is 9.51. The maximum atomic E-state index is 8.38. The van der Waals surface area contributed by atoms with Crippen LogP contribution in [0, 0.1) is 11.3 Å². The molecule has 0 saturated carbocycles. The lowest BCUT2D eigenvalue weighted by Gasteiger charge is -2.25. The second-order valence-electron chi connectivity index (χ2n) is 3.94. The zero-order valence-electron chi connectivity index (χ0n) is 7.39. The van der Waals surface area contributed by atoms with Gasteiger partial charge in [-0.1, -0.05) is 6.92 Å².